The summed E-state index contributed by atoms with van der Waals surface area (Å²) in [6.07, 6.45) is -0.147. The highest BCUT2D eigenvalue weighted by molar-refractivity contribution is 6.31. The van der Waals surface area contributed by atoms with Crippen molar-refractivity contribution < 1.29 is 18.4 Å². The van der Waals surface area contributed by atoms with Gasteiger partial charge in [0, 0.05) is 22.2 Å². The van der Waals surface area contributed by atoms with Crippen molar-refractivity contribution in [3.8, 4) is 17.1 Å². The lowest BCUT2D eigenvalue weighted by Gasteiger charge is -2.06. The molecular weight excluding hydrogens is 359 g/mol. The Hall–Kier alpha value is -2.86. The third-order valence-corrected chi connectivity index (χ3v) is 4.13. The molecule has 0 fully saturated rings. The van der Waals surface area contributed by atoms with Crippen LogP contribution in [0.25, 0.3) is 11.3 Å². The van der Waals surface area contributed by atoms with E-state index in [2.05, 4.69) is 10.5 Å². The number of nitrogens with zero attached hydrogens (tertiary/aromatic N) is 1. The largest absolute Gasteiger partial charge is 0.497 e. The number of hydrogen-bond donors (Lipinski definition) is 1. The first kappa shape index (κ1) is 17.9. The maximum atomic E-state index is 13.7. The van der Waals surface area contributed by atoms with Crippen molar-refractivity contribution in [1.82, 2.24) is 10.5 Å². The average molecular weight is 375 g/mol. The van der Waals surface area contributed by atoms with Gasteiger partial charge in [-0.3, -0.25) is 4.79 Å². The Balaban J connectivity index is 1.62. The quantitative estimate of drug-likeness (QED) is 0.708. The van der Waals surface area contributed by atoms with Gasteiger partial charge in [-0.15, -0.1) is 0 Å². The molecule has 0 atom stereocenters. The van der Waals surface area contributed by atoms with Gasteiger partial charge >= 0.3 is 0 Å². The zero-order valence-electron chi connectivity index (χ0n) is 14.0. The fraction of sp³-hybridized carbons (Fsp3) is 0.158. The van der Waals surface area contributed by atoms with Crippen molar-refractivity contribution in [2.45, 2.75) is 13.0 Å². The molecular formula is C19H16ClFN2O3. The second-order valence-corrected chi connectivity index (χ2v) is 5.98. The molecule has 0 spiro atoms. The number of amides is 1. The van der Waals surface area contributed by atoms with Gasteiger partial charge in [0.1, 0.15) is 17.3 Å². The maximum Gasteiger partial charge on any atom is 0.224 e. The molecule has 1 amide bonds. The summed E-state index contributed by atoms with van der Waals surface area (Å²) < 4.78 is 24.2. The Morgan fingerprint density at radius 2 is 2.08 bits per heavy atom. The average Bonchev–Trinajstić information content (AvgIpc) is 3.12. The van der Waals surface area contributed by atoms with E-state index in [9.17, 15) is 9.18 Å². The van der Waals surface area contributed by atoms with Crippen LogP contribution in [-0.2, 0) is 17.8 Å². The van der Waals surface area contributed by atoms with Crippen LogP contribution in [0.15, 0.2) is 53.1 Å². The van der Waals surface area contributed by atoms with Crippen LogP contribution in [0.3, 0.4) is 0 Å². The lowest BCUT2D eigenvalue weighted by molar-refractivity contribution is -0.120. The summed E-state index contributed by atoms with van der Waals surface area (Å²) in [7, 11) is 1.59. The highest BCUT2D eigenvalue weighted by atomic mass is 35.5. The molecule has 2 aromatic carbocycles. The predicted octanol–water partition coefficient (Wildman–Crippen LogP) is 4.00. The Kier molecular flexibility index (Phi) is 5.53. The summed E-state index contributed by atoms with van der Waals surface area (Å²) in [6.45, 7) is 0.165. The first-order valence-corrected chi connectivity index (χ1v) is 8.24. The molecule has 1 aromatic heterocycles. The number of benzene rings is 2. The Morgan fingerprint density at radius 3 is 2.85 bits per heavy atom. The zero-order chi connectivity index (χ0) is 18.5. The third kappa shape index (κ3) is 4.21. The molecule has 0 aliphatic carbocycles. The SMILES string of the molecule is COc1cccc(-c2cc(CNC(=O)Cc3c(F)cccc3Cl)no2)c1. The van der Waals surface area contributed by atoms with Crippen molar-refractivity contribution >= 4 is 17.5 Å². The molecule has 3 aromatic rings. The van der Waals surface area contributed by atoms with E-state index in [1.54, 1.807) is 19.2 Å². The number of halogens is 2. The summed E-state index contributed by atoms with van der Waals surface area (Å²) >= 11 is 5.93. The topological polar surface area (TPSA) is 64.4 Å². The molecule has 26 heavy (non-hydrogen) atoms. The number of ether oxygens (including phenoxy) is 1. The molecule has 0 aliphatic rings. The van der Waals surface area contributed by atoms with E-state index in [1.165, 1.54) is 12.1 Å². The van der Waals surface area contributed by atoms with Crippen molar-refractivity contribution in [2.24, 2.45) is 0 Å². The van der Waals surface area contributed by atoms with Crippen LogP contribution < -0.4 is 10.1 Å². The summed E-state index contributed by atoms with van der Waals surface area (Å²) in [4.78, 5) is 12.0. The van der Waals surface area contributed by atoms with Gasteiger partial charge in [-0.1, -0.05) is 35.0 Å². The van der Waals surface area contributed by atoms with Crippen molar-refractivity contribution in [1.29, 1.82) is 0 Å². The number of nitrogens with one attached hydrogen (secondary N) is 1. The lowest BCUT2D eigenvalue weighted by Crippen LogP contribution is -2.25. The minimum Gasteiger partial charge on any atom is -0.497 e. The maximum absolute atomic E-state index is 13.7. The molecule has 0 saturated heterocycles. The van der Waals surface area contributed by atoms with Crippen LogP contribution in [0.1, 0.15) is 11.3 Å². The second-order valence-electron chi connectivity index (χ2n) is 5.57. The van der Waals surface area contributed by atoms with Crippen molar-refractivity contribution in [2.75, 3.05) is 7.11 Å². The van der Waals surface area contributed by atoms with Crippen LogP contribution in [-0.4, -0.2) is 18.2 Å². The number of aromatic nitrogens is 1. The van der Waals surface area contributed by atoms with E-state index in [1.807, 2.05) is 24.3 Å². The van der Waals surface area contributed by atoms with Gasteiger partial charge < -0.3 is 14.6 Å². The predicted molar refractivity (Wildman–Crippen MR) is 95.5 cm³/mol. The Bertz CT molecular complexity index is 906. The summed E-state index contributed by atoms with van der Waals surface area (Å²) in [6, 6.07) is 13.4. The molecule has 0 saturated carbocycles. The molecule has 0 aliphatic heterocycles. The van der Waals surface area contributed by atoms with E-state index >= 15 is 0 Å². The van der Waals surface area contributed by atoms with Crippen LogP contribution in [0, 0.1) is 5.82 Å². The first-order chi connectivity index (χ1) is 12.6. The van der Waals surface area contributed by atoms with Gasteiger partial charge in [-0.25, -0.2) is 4.39 Å². The van der Waals surface area contributed by atoms with Gasteiger partial charge in [0.25, 0.3) is 0 Å². The number of methoxy groups -OCH3 is 1. The third-order valence-electron chi connectivity index (χ3n) is 3.78. The van der Waals surface area contributed by atoms with E-state index in [0.29, 0.717) is 17.2 Å². The number of carbonyl (C=O) groups is 1. The van der Waals surface area contributed by atoms with Gasteiger partial charge in [-0.05, 0) is 24.3 Å². The van der Waals surface area contributed by atoms with Crippen molar-refractivity contribution in [3.63, 3.8) is 0 Å². The highest BCUT2D eigenvalue weighted by Crippen LogP contribution is 2.24. The molecule has 7 heteroatoms. The van der Waals surface area contributed by atoms with E-state index in [0.717, 1.165) is 5.56 Å². The first-order valence-electron chi connectivity index (χ1n) is 7.86. The monoisotopic (exact) mass is 374 g/mol. The molecule has 0 unspecified atom stereocenters. The number of hydrogen-bond acceptors (Lipinski definition) is 4. The Morgan fingerprint density at radius 1 is 1.27 bits per heavy atom. The van der Waals surface area contributed by atoms with Crippen LogP contribution in [0.5, 0.6) is 5.75 Å². The van der Waals surface area contributed by atoms with Crippen molar-refractivity contribution in [3.05, 3.63) is 70.6 Å². The molecule has 1 N–H and O–H groups in total. The molecule has 0 radical (unpaired) electrons. The molecule has 0 bridgehead atoms. The summed E-state index contributed by atoms with van der Waals surface area (Å²) in [5.74, 6) is 0.401. The van der Waals surface area contributed by atoms with E-state index < -0.39 is 5.82 Å². The minimum absolute atomic E-state index is 0.147. The number of rotatable bonds is 6. The lowest BCUT2D eigenvalue weighted by atomic mass is 10.1. The summed E-state index contributed by atoms with van der Waals surface area (Å²) in [5.41, 5.74) is 1.53. The van der Waals surface area contributed by atoms with Gasteiger partial charge in [0.2, 0.25) is 5.91 Å². The molecule has 3 rings (SSSR count). The zero-order valence-corrected chi connectivity index (χ0v) is 14.7. The number of carbonyl (C=O) groups excluding carboxylic acids is 1. The van der Waals surface area contributed by atoms with Gasteiger partial charge in [-0.2, -0.15) is 0 Å². The van der Waals surface area contributed by atoms with E-state index in [4.69, 9.17) is 20.9 Å². The normalized spacial score (nSPS) is 10.6. The highest BCUT2D eigenvalue weighted by Gasteiger charge is 2.13. The minimum atomic E-state index is -0.505. The molecule has 1 heterocycles. The summed E-state index contributed by atoms with van der Waals surface area (Å²) in [5, 5.41) is 6.83. The standard InChI is InChI=1S/C19H16ClFN2O3/c1-25-14-5-2-4-12(8-14)18-9-13(23-26-18)11-22-19(24)10-15-16(20)6-3-7-17(15)21/h2-9H,10-11H2,1H3,(H,22,24). The van der Waals surface area contributed by atoms with Gasteiger partial charge in [0.05, 0.1) is 20.1 Å². The van der Waals surface area contributed by atoms with Crippen LogP contribution in [0.2, 0.25) is 5.02 Å². The second kappa shape index (κ2) is 8.01. The van der Waals surface area contributed by atoms with Crippen LogP contribution >= 0.6 is 11.6 Å². The fourth-order valence-corrected chi connectivity index (χ4v) is 2.65. The molecule has 5 nitrogen and oxygen atoms in total. The van der Waals surface area contributed by atoms with E-state index in [-0.39, 0.29) is 29.5 Å². The van der Waals surface area contributed by atoms with Gasteiger partial charge in [0.15, 0.2) is 5.76 Å². The smallest absolute Gasteiger partial charge is 0.224 e. The Labute approximate surface area is 154 Å². The molecule has 134 valence electrons. The van der Waals surface area contributed by atoms with Crippen LogP contribution in [0.4, 0.5) is 4.39 Å². The fourth-order valence-electron chi connectivity index (χ4n) is 2.42.